The third kappa shape index (κ3) is 6.47. The monoisotopic (exact) mass is 444 g/mol. The van der Waals surface area contributed by atoms with Crippen LogP contribution < -0.4 is 10.6 Å². The molecule has 1 heterocycles. The Bertz CT molecular complexity index is 652. The molecule has 0 unspecified atom stereocenters. The van der Waals surface area contributed by atoms with Gasteiger partial charge in [0, 0.05) is 31.4 Å². The van der Waals surface area contributed by atoms with Crippen LogP contribution in [0.15, 0.2) is 29.3 Å². The maximum atomic E-state index is 4.46. The molecule has 0 fully saturated rings. The number of nitrogens with zero attached hydrogens (tertiary/aromatic N) is 2. The van der Waals surface area contributed by atoms with Gasteiger partial charge in [0.15, 0.2) is 5.96 Å². The molecule has 0 aliphatic rings. The topological polar surface area (TPSA) is 49.3 Å². The lowest BCUT2D eigenvalue weighted by atomic mass is 10.1. The van der Waals surface area contributed by atoms with Gasteiger partial charge < -0.3 is 10.6 Å². The predicted molar refractivity (Wildman–Crippen MR) is 110 cm³/mol. The highest BCUT2D eigenvalue weighted by Gasteiger charge is 2.05. The fourth-order valence-corrected chi connectivity index (χ4v) is 3.27. The molecule has 0 aliphatic carbocycles. The maximum Gasteiger partial charge on any atom is 0.191 e. The molecule has 23 heavy (non-hydrogen) atoms. The number of aliphatic imine (C=N–C) groups is 1. The number of halogens is 1. The second-order valence-corrected chi connectivity index (χ2v) is 6.62. The number of aryl methyl sites for hydroxylation is 3. The molecule has 126 valence electrons. The molecule has 0 amide bonds. The zero-order valence-electron chi connectivity index (χ0n) is 14.1. The van der Waals surface area contributed by atoms with Crippen LogP contribution >= 0.6 is 35.3 Å². The lowest BCUT2D eigenvalue weighted by molar-refractivity contribution is 0.796. The van der Waals surface area contributed by atoms with E-state index in [4.69, 9.17) is 0 Å². The van der Waals surface area contributed by atoms with Gasteiger partial charge in [0.25, 0.3) is 0 Å². The molecule has 0 radical (unpaired) electrons. The highest BCUT2D eigenvalue weighted by atomic mass is 127. The van der Waals surface area contributed by atoms with E-state index in [2.05, 4.69) is 65.6 Å². The van der Waals surface area contributed by atoms with Crippen molar-refractivity contribution < 1.29 is 0 Å². The Morgan fingerprint density at radius 3 is 2.61 bits per heavy atom. The quantitative estimate of drug-likeness (QED) is 0.421. The Hall–Kier alpha value is -1.15. The van der Waals surface area contributed by atoms with Crippen molar-refractivity contribution >= 4 is 41.3 Å². The van der Waals surface area contributed by atoms with Gasteiger partial charge in [-0.3, -0.25) is 4.99 Å². The minimum atomic E-state index is 0. The molecule has 1 aromatic carbocycles. The third-order valence-electron chi connectivity index (χ3n) is 3.41. The molecule has 1 aromatic heterocycles. The second kappa shape index (κ2) is 9.87. The van der Waals surface area contributed by atoms with Crippen molar-refractivity contribution in [2.75, 3.05) is 13.6 Å². The smallest absolute Gasteiger partial charge is 0.191 e. The van der Waals surface area contributed by atoms with Crippen LogP contribution in [0, 0.1) is 20.8 Å². The summed E-state index contributed by atoms with van der Waals surface area (Å²) in [5.74, 6) is 0.834. The summed E-state index contributed by atoms with van der Waals surface area (Å²) in [5.41, 5.74) is 3.68. The summed E-state index contributed by atoms with van der Waals surface area (Å²) in [7, 11) is 1.80. The molecule has 0 aliphatic heterocycles. The SMILES string of the molecule is CN=C(NCCc1sc(C)nc1C)NCc1cccc(C)c1.I. The molecule has 0 saturated heterocycles. The van der Waals surface area contributed by atoms with Gasteiger partial charge in [0.2, 0.25) is 0 Å². The van der Waals surface area contributed by atoms with Crippen molar-refractivity contribution in [3.8, 4) is 0 Å². The first-order chi connectivity index (χ1) is 10.6. The normalized spacial score (nSPS) is 11.0. The number of benzene rings is 1. The number of hydrogen-bond acceptors (Lipinski definition) is 3. The fraction of sp³-hybridized carbons (Fsp3) is 0.412. The average molecular weight is 444 g/mol. The van der Waals surface area contributed by atoms with Crippen molar-refractivity contribution in [1.82, 2.24) is 15.6 Å². The third-order valence-corrected chi connectivity index (χ3v) is 4.54. The van der Waals surface area contributed by atoms with Crippen LogP contribution in [-0.2, 0) is 13.0 Å². The first kappa shape index (κ1) is 19.9. The summed E-state index contributed by atoms with van der Waals surface area (Å²) < 4.78 is 0. The second-order valence-electron chi connectivity index (χ2n) is 5.33. The number of aromatic nitrogens is 1. The molecule has 4 nitrogen and oxygen atoms in total. The van der Waals surface area contributed by atoms with Crippen molar-refractivity contribution in [3.05, 3.63) is 51.0 Å². The van der Waals surface area contributed by atoms with Gasteiger partial charge in [-0.15, -0.1) is 35.3 Å². The summed E-state index contributed by atoms with van der Waals surface area (Å²) >= 11 is 1.77. The van der Waals surface area contributed by atoms with E-state index in [1.54, 1.807) is 18.4 Å². The standard InChI is InChI=1S/C17H24N4S.HI/c1-12-6-5-7-15(10-12)11-20-17(18-4)19-9-8-16-13(2)21-14(3)22-16;/h5-7,10H,8-9,11H2,1-4H3,(H2,18,19,20);1H. The molecule has 2 rings (SSSR count). The zero-order chi connectivity index (χ0) is 15.9. The van der Waals surface area contributed by atoms with Crippen molar-refractivity contribution in [3.63, 3.8) is 0 Å². The van der Waals surface area contributed by atoms with E-state index in [1.807, 2.05) is 0 Å². The molecule has 6 heteroatoms. The number of thiazole rings is 1. The van der Waals surface area contributed by atoms with Crippen LogP contribution in [0.25, 0.3) is 0 Å². The van der Waals surface area contributed by atoms with Gasteiger partial charge in [-0.2, -0.15) is 0 Å². The number of nitrogens with one attached hydrogen (secondary N) is 2. The van der Waals surface area contributed by atoms with E-state index in [9.17, 15) is 0 Å². The van der Waals surface area contributed by atoms with E-state index < -0.39 is 0 Å². The van der Waals surface area contributed by atoms with Crippen LogP contribution in [0.2, 0.25) is 0 Å². The lowest BCUT2D eigenvalue weighted by Gasteiger charge is -2.12. The van der Waals surface area contributed by atoms with E-state index in [0.717, 1.165) is 36.2 Å². The van der Waals surface area contributed by atoms with Crippen LogP contribution in [0.3, 0.4) is 0 Å². The van der Waals surface area contributed by atoms with Gasteiger partial charge in [0.1, 0.15) is 0 Å². The Labute approximate surface area is 159 Å². The first-order valence-corrected chi connectivity index (χ1v) is 8.33. The summed E-state index contributed by atoms with van der Waals surface area (Å²) in [4.78, 5) is 10.1. The number of hydrogen-bond donors (Lipinski definition) is 2. The van der Waals surface area contributed by atoms with Crippen LogP contribution in [0.1, 0.15) is 26.7 Å². The molecule has 2 aromatic rings. The zero-order valence-corrected chi connectivity index (χ0v) is 17.3. The largest absolute Gasteiger partial charge is 0.356 e. The van der Waals surface area contributed by atoms with E-state index >= 15 is 0 Å². The lowest BCUT2D eigenvalue weighted by Crippen LogP contribution is -2.37. The van der Waals surface area contributed by atoms with E-state index in [1.165, 1.54) is 16.0 Å². The number of rotatable bonds is 5. The Balaban J connectivity index is 0.00000264. The molecular formula is C17H25IN4S. The fourth-order valence-electron chi connectivity index (χ4n) is 2.33. The first-order valence-electron chi connectivity index (χ1n) is 7.51. The van der Waals surface area contributed by atoms with Gasteiger partial charge in [-0.1, -0.05) is 29.8 Å². The molecular weight excluding hydrogens is 419 g/mol. The average Bonchev–Trinajstić information content (AvgIpc) is 2.80. The van der Waals surface area contributed by atoms with Crippen LogP contribution in [-0.4, -0.2) is 24.5 Å². The summed E-state index contributed by atoms with van der Waals surface area (Å²) in [5, 5.41) is 7.84. The number of guanidine groups is 1. The van der Waals surface area contributed by atoms with E-state index in [0.29, 0.717) is 0 Å². The maximum absolute atomic E-state index is 4.46. The Kier molecular flexibility index (Phi) is 8.54. The summed E-state index contributed by atoms with van der Waals surface area (Å²) in [6, 6.07) is 8.49. The molecule has 0 spiro atoms. The molecule has 0 bridgehead atoms. The Morgan fingerprint density at radius 1 is 1.22 bits per heavy atom. The highest BCUT2D eigenvalue weighted by Crippen LogP contribution is 2.16. The van der Waals surface area contributed by atoms with Crippen LogP contribution in [0.4, 0.5) is 0 Å². The van der Waals surface area contributed by atoms with Crippen molar-refractivity contribution in [1.29, 1.82) is 0 Å². The van der Waals surface area contributed by atoms with Gasteiger partial charge >= 0.3 is 0 Å². The summed E-state index contributed by atoms with van der Waals surface area (Å²) in [6.07, 6.45) is 0.975. The molecule has 0 atom stereocenters. The minimum absolute atomic E-state index is 0. The highest BCUT2D eigenvalue weighted by molar-refractivity contribution is 14.0. The van der Waals surface area contributed by atoms with E-state index in [-0.39, 0.29) is 24.0 Å². The molecule has 0 saturated carbocycles. The minimum Gasteiger partial charge on any atom is -0.356 e. The molecule has 2 N–H and O–H groups in total. The van der Waals surface area contributed by atoms with Crippen molar-refractivity contribution in [2.45, 2.75) is 33.7 Å². The van der Waals surface area contributed by atoms with Gasteiger partial charge in [-0.05, 0) is 26.3 Å². The van der Waals surface area contributed by atoms with Crippen LogP contribution in [0.5, 0.6) is 0 Å². The van der Waals surface area contributed by atoms with Gasteiger partial charge in [0.05, 0.1) is 10.7 Å². The predicted octanol–water partition coefficient (Wildman–Crippen LogP) is 3.59. The Morgan fingerprint density at radius 2 is 2.00 bits per heavy atom. The van der Waals surface area contributed by atoms with Crippen molar-refractivity contribution in [2.24, 2.45) is 4.99 Å². The van der Waals surface area contributed by atoms with Gasteiger partial charge in [-0.25, -0.2) is 4.98 Å². The summed E-state index contributed by atoms with van der Waals surface area (Å²) in [6.45, 7) is 7.87.